The molecule has 2 amide bonds. The molecule has 0 aliphatic heterocycles. The van der Waals surface area contributed by atoms with Gasteiger partial charge in [0.05, 0.1) is 20.1 Å². The highest BCUT2D eigenvalue weighted by molar-refractivity contribution is 5.92. The zero-order valence-electron chi connectivity index (χ0n) is 19.3. The van der Waals surface area contributed by atoms with Crippen molar-refractivity contribution in [3.8, 4) is 0 Å². The van der Waals surface area contributed by atoms with Gasteiger partial charge in [-0.05, 0) is 52.3 Å². The van der Waals surface area contributed by atoms with Crippen molar-refractivity contribution in [3.63, 3.8) is 0 Å². The number of benzene rings is 1. The van der Waals surface area contributed by atoms with Gasteiger partial charge in [0.1, 0.15) is 23.5 Å². The van der Waals surface area contributed by atoms with Crippen LogP contribution in [-0.2, 0) is 35.1 Å². The van der Waals surface area contributed by atoms with Crippen LogP contribution in [0.1, 0.15) is 46.6 Å². The number of carbonyl (C=O) groups is 4. The van der Waals surface area contributed by atoms with Crippen molar-refractivity contribution in [3.05, 3.63) is 35.6 Å². The van der Waals surface area contributed by atoms with Gasteiger partial charge < -0.3 is 24.4 Å². The maximum absolute atomic E-state index is 13.4. The molecule has 32 heavy (non-hydrogen) atoms. The minimum atomic E-state index is -1.36. The molecule has 10 heteroatoms. The zero-order chi connectivity index (χ0) is 24.5. The first-order valence-electron chi connectivity index (χ1n) is 10.2. The van der Waals surface area contributed by atoms with Crippen LogP contribution in [0.5, 0.6) is 0 Å². The summed E-state index contributed by atoms with van der Waals surface area (Å²) in [5, 5.41) is 2.38. The predicted molar refractivity (Wildman–Crippen MR) is 113 cm³/mol. The van der Waals surface area contributed by atoms with Crippen LogP contribution in [0.2, 0.25) is 0 Å². The summed E-state index contributed by atoms with van der Waals surface area (Å²) in [6.07, 6.45) is -1.38. The van der Waals surface area contributed by atoms with E-state index in [1.165, 1.54) is 38.3 Å². The van der Waals surface area contributed by atoms with E-state index >= 15 is 0 Å². The summed E-state index contributed by atoms with van der Waals surface area (Å²) < 4.78 is 28.1. The second kappa shape index (κ2) is 12.0. The molecular weight excluding hydrogens is 423 g/mol. The third-order valence-corrected chi connectivity index (χ3v) is 4.22. The molecule has 0 saturated heterocycles. The number of alkyl carbamates (subject to hydrolysis) is 1. The second-order valence-corrected chi connectivity index (χ2v) is 8.00. The van der Waals surface area contributed by atoms with Crippen LogP contribution >= 0.6 is 0 Å². The number of methoxy groups -OCH3 is 1. The Kier molecular flexibility index (Phi) is 10.1. The zero-order valence-corrected chi connectivity index (χ0v) is 19.3. The average molecular weight is 454 g/mol. The Morgan fingerprint density at radius 2 is 1.72 bits per heavy atom. The lowest BCUT2D eigenvalue weighted by Crippen LogP contribution is -2.54. The Bertz CT molecular complexity index is 805. The smallest absolute Gasteiger partial charge is 0.408 e. The Hall–Kier alpha value is -3.17. The summed E-state index contributed by atoms with van der Waals surface area (Å²) in [6, 6.07) is 2.94. The van der Waals surface area contributed by atoms with Gasteiger partial charge in [-0.25, -0.2) is 14.0 Å². The molecule has 0 aromatic heterocycles. The standard InChI is InChI=1S/C22H31FN2O7/c1-7-31-18(26)12-17(24-21(29)32-22(3,4)5)19(27)25(14(2)20(28)30-6)13-15-8-10-16(23)11-9-15/h8-11,14,17H,7,12-13H2,1-6H3,(H,24,29)/t14-,17+/m1/s1. The van der Waals surface area contributed by atoms with Gasteiger partial charge >= 0.3 is 18.0 Å². The molecule has 0 aliphatic carbocycles. The average Bonchev–Trinajstić information content (AvgIpc) is 2.70. The number of nitrogens with one attached hydrogen (secondary N) is 1. The largest absolute Gasteiger partial charge is 0.467 e. The van der Waals surface area contributed by atoms with Crippen molar-refractivity contribution in [2.75, 3.05) is 13.7 Å². The molecule has 0 aliphatic rings. The van der Waals surface area contributed by atoms with E-state index in [0.29, 0.717) is 5.56 Å². The Balaban J connectivity index is 3.23. The van der Waals surface area contributed by atoms with Crippen molar-refractivity contribution in [2.24, 2.45) is 0 Å². The normalized spacial score (nSPS) is 12.8. The van der Waals surface area contributed by atoms with E-state index in [9.17, 15) is 23.6 Å². The van der Waals surface area contributed by atoms with E-state index in [1.807, 2.05) is 0 Å². The first-order chi connectivity index (χ1) is 14.9. The predicted octanol–water partition coefficient (Wildman–Crippen LogP) is 2.56. The van der Waals surface area contributed by atoms with Gasteiger partial charge in [-0.1, -0.05) is 12.1 Å². The van der Waals surface area contributed by atoms with Crippen molar-refractivity contribution in [2.45, 2.75) is 65.3 Å². The van der Waals surface area contributed by atoms with Crippen LogP contribution in [0.25, 0.3) is 0 Å². The van der Waals surface area contributed by atoms with Gasteiger partial charge in [-0.15, -0.1) is 0 Å². The maximum atomic E-state index is 13.4. The molecule has 0 fully saturated rings. The lowest BCUT2D eigenvalue weighted by atomic mass is 10.1. The summed E-state index contributed by atoms with van der Waals surface area (Å²) in [5.74, 6) is -2.60. The number of carbonyl (C=O) groups excluding carboxylic acids is 4. The Morgan fingerprint density at radius 1 is 1.12 bits per heavy atom. The number of halogens is 1. The van der Waals surface area contributed by atoms with E-state index in [1.54, 1.807) is 27.7 Å². The highest BCUT2D eigenvalue weighted by Crippen LogP contribution is 2.15. The minimum Gasteiger partial charge on any atom is -0.467 e. The number of esters is 2. The summed E-state index contributed by atoms with van der Waals surface area (Å²) in [5.41, 5.74) is -0.308. The first-order valence-corrected chi connectivity index (χ1v) is 10.2. The van der Waals surface area contributed by atoms with Crippen molar-refractivity contribution >= 4 is 23.9 Å². The molecule has 1 rings (SSSR count). The third-order valence-electron chi connectivity index (χ3n) is 4.22. The Morgan fingerprint density at radius 3 is 2.22 bits per heavy atom. The molecule has 9 nitrogen and oxygen atoms in total. The van der Waals surface area contributed by atoms with E-state index in [-0.39, 0.29) is 13.2 Å². The molecule has 0 bridgehead atoms. The van der Waals surface area contributed by atoms with Crippen LogP contribution in [0.4, 0.5) is 9.18 Å². The van der Waals surface area contributed by atoms with E-state index < -0.39 is 53.9 Å². The molecular formula is C22H31FN2O7. The van der Waals surface area contributed by atoms with Gasteiger partial charge in [0.2, 0.25) is 5.91 Å². The summed E-state index contributed by atoms with van der Waals surface area (Å²) in [7, 11) is 1.18. The van der Waals surface area contributed by atoms with Crippen LogP contribution < -0.4 is 5.32 Å². The quantitative estimate of drug-likeness (QED) is 0.451. The second-order valence-electron chi connectivity index (χ2n) is 8.00. The SMILES string of the molecule is CCOC(=O)C[C@H](NC(=O)OC(C)(C)C)C(=O)N(Cc1ccc(F)cc1)[C@H](C)C(=O)OC. The number of nitrogens with zero attached hydrogens (tertiary/aromatic N) is 1. The highest BCUT2D eigenvalue weighted by atomic mass is 19.1. The van der Waals surface area contributed by atoms with E-state index in [0.717, 1.165) is 4.90 Å². The minimum absolute atomic E-state index is 0.0873. The van der Waals surface area contributed by atoms with Gasteiger partial charge in [0.25, 0.3) is 0 Å². The number of amides is 2. The van der Waals surface area contributed by atoms with Gasteiger partial charge in [-0.3, -0.25) is 9.59 Å². The summed E-state index contributed by atoms with van der Waals surface area (Å²) >= 11 is 0. The summed E-state index contributed by atoms with van der Waals surface area (Å²) in [4.78, 5) is 51.1. The maximum Gasteiger partial charge on any atom is 0.408 e. The van der Waals surface area contributed by atoms with Crippen LogP contribution in [-0.4, -0.2) is 60.2 Å². The van der Waals surface area contributed by atoms with Crippen molar-refractivity contribution < 1.29 is 37.8 Å². The molecule has 1 aromatic rings. The van der Waals surface area contributed by atoms with E-state index in [2.05, 4.69) is 5.32 Å². The lowest BCUT2D eigenvalue weighted by molar-refractivity contribution is -0.154. The topological polar surface area (TPSA) is 111 Å². The summed E-state index contributed by atoms with van der Waals surface area (Å²) in [6.45, 7) is 7.99. The monoisotopic (exact) mass is 454 g/mol. The Labute approximate surface area is 187 Å². The molecule has 0 unspecified atom stereocenters. The van der Waals surface area contributed by atoms with Crippen molar-refractivity contribution in [1.29, 1.82) is 0 Å². The van der Waals surface area contributed by atoms with Gasteiger partial charge in [0, 0.05) is 6.54 Å². The molecule has 0 saturated carbocycles. The number of hydrogen-bond acceptors (Lipinski definition) is 7. The molecule has 1 aromatic carbocycles. The highest BCUT2D eigenvalue weighted by Gasteiger charge is 2.35. The fraction of sp³-hybridized carbons (Fsp3) is 0.545. The molecule has 1 N–H and O–H groups in total. The van der Waals surface area contributed by atoms with Gasteiger partial charge in [0.15, 0.2) is 0 Å². The van der Waals surface area contributed by atoms with Gasteiger partial charge in [-0.2, -0.15) is 0 Å². The van der Waals surface area contributed by atoms with Crippen LogP contribution in [0.3, 0.4) is 0 Å². The fourth-order valence-electron chi connectivity index (χ4n) is 2.73. The molecule has 178 valence electrons. The van der Waals surface area contributed by atoms with Crippen LogP contribution in [0, 0.1) is 5.82 Å². The first kappa shape index (κ1) is 26.9. The molecule has 0 spiro atoms. The lowest BCUT2D eigenvalue weighted by Gasteiger charge is -2.31. The van der Waals surface area contributed by atoms with E-state index in [4.69, 9.17) is 14.2 Å². The van der Waals surface area contributed by atoms with Crippen LogP contribution in [0.15, 0.2) is 24.3 Å². The third kappa shape index (κ3) is 8.91. The number of rotatable bonds is 9. The molecule has 0 heterocycles. The molecule has 2 atom stereocenters. The number of ether oxygens (including phenoxy) is 3. The number of hydrogen-bond donors (Lipinski definition) is 1. The molecule has 0 radical (unpaired) electrons. The van der Waals surface area contributed by atoms with Crippen molar-refractivity contribution in [1.82, 2.24) is 10.2 Å². The fourth-order valence-corrected chi connectivity index (χ4v) is 2.73.